The van der Waals surface area contributed by atoms with E-state index < -0.39 is 5.97 Å². The molecule has 0 amide bonds. The maximum atomic E-state index is 12.2. The van der Waals surface area contributed by atoms with E-state index in [1.54, 1.807) is 18.2 Å². The number of carbonyl (C=O) groups excluding carboxylic acids is 2. The molecule has 0 bridgehead atoms. The SMILES string of the molecule is O=C(CCc1ccccc1)Oc1cccc(C(=O)OCCOc2ccccc2)c1. The fourth-order valence-corrected chi connectivity index (χ4v) is 2.65. The number of rotatable bonds is 9. The van der Waals surface area contributed by atoms with Gasteiger partial charge in [0.15, 0.2) is 0 Å². The van der Waals surface area contributed by atoms with Crippen LogP contribution in [0.1, 0.15) is 22.3 Å². The van der Waals surface area contributed by atoms with Crippen LogP contribution in [-0.4, -0.2) is 25.2 Å². The van der Waals surface area contributed by atoms with Crippen LogP contribution in [-0.2, 0) is 16.0 Å². The maximum absolute atomic E-state index is 12.2. The highest BCUT2D eigenvalue weighted by Gasteiger charge is 2.11. The van der Waals surface area contributed by atoms with Crippen LogP contribution >= 0.6 is 0 Å². The summed E-state index contributed by atoms with van der Waals surface area (Å²) in [5.41, 5.74) is 1.39. The Bertz CT molecular complexity index is 922. The molecule has 0 fully saturated rings. The van der Waals surface area contributed by atoms with E-state index in [0.717, 1.165) is 5.56 Å². The van der Waals surface area contributed by atoms with Gasteiger partial charge in [-0.25, -0.2) is 4.79 Å². The van der Waals surface area contributed by atoms with E-state index in [9.17, 15) is 9.59 Å². The Balaban J connectivity index is 1.44. The lowest BCUT2D eigenvalue weighted by Gasteiger charge is -2.09. The van der Waals surface area contributed by atoms with Gasteiger partial charge in [-0.1, -0.05) is 54.6 Å². The average molecular weight is 390 g/mol. The fraction of sp³-hybridized carbons (Fsp3) is 0.167. The van der Waals surface area contributed by atoms with Crippen LogP contribution in [0.25, 0.3) is 0 Å². The van der Waals surface area contributed by atoms with E-state index in [1.807, 2.05) is 60.7 Å². The fourth-order valence-electron chi connectivity index (χ4n) is 2.65. The molecule has 0 radical (unpaired) electrons. The van der Waals surface area contributed by atoms with Crippen LogP contribution in [0.2, 0.25) is 0 Å². The van der Waals surface area contributed by atoms with Gasteiger partial charge in [-0.05, 0) is 42.3 Å². The first-order valence-corrected chi connectivity index (χ1v) is 9.40. The van der Waals surface area contributed by atoms with Gasteiger partial charge in [-0.2, -0.15) is 0 Å². The van der Waals surface area contributed by atoms with Crippen molar-refractivity contribution in [2.45, 2.75) is 12.8 Å². The molecule has 0 unspecified atom stereocenters. The molecule has 0 atom stereocenters. The zero-order chi connectivity index (χ0) is 20.3. The lowest BCUT2D eigenvalue weighted by Crippen LogP contribution is -2.13. The third kappa shape index (κ3) is 6.81. The number of para-hydroxylation sites is 1. The van der Waals surface area contributed by atoms with Gasteiger partial charge in [0.2, 0.25) is 0 Å². The van der Waals surface area contributed by atoms with Gasteiger partial charge in [0, 0.05) is 6.42 Å². The predicted molar refractivity (Wildman–Crippen MR) is 109 cm³/mol. The minimum Gasteiger partial charge on any atom is -0.490 e. The van der Waals surface area contributed by atoms with Crippen LogP contribution < -0.4 is 9.47 Å². The highest BCUT2D eigenvalue weighted by molar-refractivity contribution is 5.90. The van der Waals surface area contributed by atoms with Gasteiger partial charge in [0.05, 0.1) is 5.56 Å². The number of benzene rings is 3. The summed E-state index contributed by atoms with van der Waals surface area (Å²) in [4.78, 5) is 24.2. The van der Waals surface area contributed by atoms with Crippen molar-refractivity contribution in [3.8, 4) is 11.5 Å². The molecule has 0 aromatic heterocycles. The summed E-state index contributed by atoms with van der Waals surface area (Å²) < 4.78 is 16.0. The molecular formula is C24H22O5. The predicted octanol–water partition coefficient (Wildman–Crippen LogP) is 4.46. The normalized spacial score (nSPS) is 10.2. The zero-order valence-corrected chi connectivity index (χ0v) is 16.0. The first-order chi connectivity index (χ1) is 14.2. The number of ether oxygens (including phenoxy) is 3. The van der Waals surface area contributed by atoms with E-state index >= 15 is 0 Å². The lowest BCUT2D eigenvalue weighted by atomic mass is 10.1. The van der Waals surface area contributed by atoms with Gasteiger partial charge in [0.1, 0.15) is 24.7 Å². The van der Waals surface area contributed by atoms with Crippen molar-refractivity contribution in [1.29, 1.82) is 0 Å². The van der Waals surface area contributed by atoms with Crippen molar-refractivity contribution in [2.24, 2.45) is 0 Å². The zero-order valence-electron chi connectivity index (χ0n) is 16.0. The first-order valence-electron chi connectivity index (χ1n) is 9.40. The molecule has 5 heteroatoms. The maximum Gasteiger partial charge on any atom is 0.338 e. The largest absolute Gasteiger partial charge is 0.490 e. The van der Waals surface area contributed by atoms with Crippen molar-refractivity contribution < 1.29 is 23.8 Å². The molecule has 0 aliphatic heterocycles. The van der Waals surface area contributed by atoms with Gasteiger partial charge in [-0.3, -0.25) is 4.79 Å². The molecule has 3 aromatic carbocycles. The van der Waals surface area contributed by atoms with E-state index in [-0.39, 0.29) is 25.6 Å². The van der Waals surface area contributed by atoms with Crippen LogP contribution in [0.3, 0.4) is 0 Å². The Hall–Kier alpha value is -3.60. The highest BCUT2D eigenvalue weighted by atomic mass is 16.6. The van der Waals surface area contributed by atoms with Gasteiger partial charge in [0.25, 0.3) is 0 Å². The highest BCUT2D eigenvalue weighted by Crippen LogP contribution is 2.16. The third-order valence-corrected chi connectivity index (χ3v) is 4.09. The minimum absolute atomic E-state index is 0.120. The van der Waals surface area contributed by atoms with E-state index in [1.165, 1.54) is 6.07 Å². The molecule has 148 valence electrons. The molecule has 0 N–H and O–H groups in total. The summed E-state index contributed by atoms with van der Waals surface area (Å²) in [5, 5.41) is 0. The smallest absolute Gasteiger partial charge is 0.338 e. The van der Waals surface area contributed by atoms with Gasteiger partial charge in [-0.15, -0.1) is 0 Å². The molecule has 0 heterocycles. The van der Waals surface area contributed by atoms with Crippen molar-refractivity contribution in [3.05, 3.63) is 96.1 Å². The molecular weight excluding hydrogens is 368 g/mol. The Kier molecular flexibility index (Phi) is 7.41. The standard InChI is InChI=1S/C24H22O5/c25-23(15-14-19-8-3-1-4-9-19)29-22-13-7-10-20(18-22)24(26)28-17-16-27-21-11-5-2-6-12-21/h1-13,18H,14-17H2. The number of hydrogen-bond acceptors (Lipinski definition) is 5. The summed E-state index contributed by atoms with van der Waals surface area (Å²) in [6.45, 7) is 0.374. The van der Waals surface area contributed by atoms with Crippen LogP contribution in [0.5, 0.6) is 11.5 Å². The number of hydrogen-bond donors (Lipinski definition) is 0. The van der Waals surface area contributed by atoms with E-state index in [0.29, 0.717) is 23.5 Å². The minimum atomic E-state index is -0.496. The second-order valence-corrected chi connectivity index (χ2v) is 6.28. The second kappa shape index (κ2) is 10.7. The van der Waals surface area contributed by atoms with Crippen molar-refractivity contribution >= 4 is 11.9 Å². The summed E-state index contributed by atoms with van der Waals surface area (Å²) in [5.74, 6) is 0.186. The molecule has 0 aliphatic carbocycles. The molecule has 3 rings (SSSR count). The molecule has 3 aromatic rings. The number of esters is 2. The van der Waals surface area contributed by atoms with Crippen LogP contribution in [0.15, 0.2) is 84.9 Å². The molecule has 5 nitrogen and oxygen atoms in total. The summed E-state index contributed by atoms with van der Waals surface area (Å²) in [6.07, 6.45) is 0.859. The number of aryl methyl sites for hydroxylation is 1. The van der Waals surface area contributed by atoms with Crippen molar-refractivity contribution in [2.75, 3.05) is 13.2 Å². The second-order valence-electron chi connectivity index (χ2n) is 6.28. The topological polar surface area (TPSA) is 61.8 Å². The number of carbonyl (C=O) groups is 2. The molecule has 29 heavy (non-hydrogen) atoms. The van der Waals surface area contributed by atoms with Gasteiger partial charge < -0.3 is 14.2 Å². The van der Waals surface area contributed by atoms with E-state index in [4.69, 9.17) is 14.2 Å². The molecule has 0 saturated carbocycles. The van der Waals surface area contributed by atoms with Crippen LogP contribution in [0, 0.1) is 0 Å². The van der Waals surface area contributed by atoms with Crippen molar-refractivity contribution in [3.63, 3.8) is 0 Å². The Morgan fingerprint density at radius 2 is 1.41 bits per heavy atom. The monoisotopic (exact) mass is 390 g/mol. The Morgan fingerprint density at radius 1 is 0.724 bits per heavy atom. The lowest BCUT2D eigenvalue weighted by molar-refractivity contribution is -0.134. The summed E-state index contributed by atoms with van der Waals surface area (Å²) in [6, 6.07) is 25.4. The summed E-state index contributed by atoms with van der Waals surface area (Å²) in [7, 11) is 0. The third-order valence-electron chi connectivity index (χ3n) is 4.09. The quantitative estimate of drug-likeness (QED) is 0.307. The first kappa shape index (κ1) is 20.1. The summed E-state index contributed by atoms with van der Waals surface area (Å²) >= 11 is 0. The van der Waals surface area contributed by atoms with Crippen molar-refractivity contribution in [1.82, 2.24) is 0 Å². The van der Waals surface area contributed by atoms with Gasteiger partial charge >= 0.3 is 11.9 Å². The average Bonchev–Trinajstić information content (AvgIpc) is 2.77. The van der Waals surface area contributed by atoms with E-state index in [2.05, 4.69) is 0 Å². The molecule has 0 saturated heterocycles. The molecule has 0 spiro atoms. The Morgan fingerprint density at radius 3 is 2.17 bits per heavy atom. The molecule has 0 aliphatic rings. The Labute approximate surface area is 169 Å². The van der Waals surface area contributed by atoms with Crippen LogP contribution in [0.4, 0.5) is 0 Å².